The molecular weight excluding hydrogens is 533 g/mol. The number of carbonyl (C=O) groups excluding carboxylic acids is 1. The Hall–Kier alpha value is -4.22. The molecule has 0 aliphatic carbocycles. The number of amides is 1. The third-order valence-electron chi connectivity index (χ3n) is 7.69. The molecule has 0 bridgehead atoms. The van der Waals surface area contributed by atoms with Crippen LogP contribution in [-0.2, 0) is 30.2 Å². The average Bonchev–Trinajstić information content (AvgIpc) is 3.46. The van der Waals surface area contributed by atoms with Crippen molar-refractivity contribution in [2.75, 3.05) is 23.4 Å². The zero-order valence-electron chi connectivity index (χ0n) is 23.6. The fraction of sp³-hybridized carbons (Fsp3) is 0.414. The number of rotatable bonds is 5. The van der Waals surface area contributed by atoms with Crippen molar-refractivity contribution in [3.05, 3.63) is 58.9 Å². The molecule has 2 aliphatic rings. The number of anilines is 2. The number of aryl methyl sites for hydroxylation is 3. The smallest absolute Gasteiger partial charge is 0.288 e. The topological polar surface area (TPSA) is 85.0 Å². The van der Waals surface area contributed by atoms with Crippen molar-refractivity contribution < 1.29 is 18.0 Å². The highest BCUT2D eigenvalue weighted by Gasteiger charge is 2.33. The summed E-state index contributed by atoms with van der Waals surface area (Å²) in [6.45, 7) is 7.54. The van der Waals surface area contributed by atoms with E-state index in [1.165, 1.54) is 17.2 Å². The normalized spacial score (nSPS) is 15.2. The molecule has 3 aromatic heterocycles. The minimum absolute atomic E-state index is 0.0560. The fourth-order valence-electron chi connectivity index (χ4n) is 5.60. The highest BCUT2D eigenvalue weighted by molar-refractivity contribution is 6.01. The largest absolute Gasteiger partial charge is 0.341 e. The van der Waals surface area contributed by atoms with Crippen LogP contribution in [0.5, 0.6) is 0 Å². The molecule has 0 atom stereocenters. The van der Waals surface area contributed by atoms with Crippen LogP contribution in [0.15, 0.2) is 30.7 Å². The Labute approximate surface area is 235 Å². The summed E-state index contributed by atoms with van der Waals surface area (Å²) in [5, 5.41) is 4.48. The predicted molar refractivity (Wildman–Crippen MR) is 148 cm³/mol. The lowest BCUT2D eigenvalue weighted by molar-refractivity contribution is -0.117. The summed E-state index contributed by atoms with van der Waals surface area (Å²) >= 11 is 0. The van der Waals surface area contributed by atoms with Crippen LogP contribution in [0.25, 0.3) is 22.9 Å². The summed E-state index contributed by atoms with van der Waals surface area (Å²) in [5.74, 6) is -2.52. The fourth-order valence-corrected chi connectivity index (χ4v) is 5.60. The molecule has 9 nitrogen and oxygen atoms in total. The lowest BCUT2D eigenvalue weighted by Crippen LogP contribution is -2.44. The van der Waals surface area contributed by atoms with Crippen molar-refractivity contribution in [2.45, 2.75) is 65.6 Å². The van der Waals surface area contributed by atoms with Gasteiger partial charge in [-0.05, 0) is 56.4 Å². The maximum Gasteiger partial charge on any atom is 0.288 e. The van der Waals surface area contributed by atoms with Crippen LogP contribution >= 0.6 is 0 Å². The van der Waals surface area contributed by atoms with Gasteiger partial charge in [-0.2, -0.15) is 13.9 Å². The first-order valence-corrected chi connectivity index (χ1v) is 13.6. The lowest BCUT2D eigenvalue weighted by atomic mass is 9.99. The second-order valence-corrected chi connectivity index (χ2v) is 11.2. The number of nitrogens with zero attached hydrogens (tertiary/aromatic N) is 8. The Bertz CT molecular complexity index is 1670. The molecule has 0 saturated carbocycles. The maximum absolute atomic E-state index is 15.7. The SMILES string of the molecule is Cc1cnn(C(C)C)c1-c1ncc2c(n1)N(Cc1cc(F)c3c(c1)CCCn1cc(C(C)(F)F)nc1-3)CC(=O)N2C. The Morgan fingerprint density at radius 1 is 1.15 bits per heavy atom. The standard InChI is InChI=1S/C29H31F3N8O/c1-16(2)40-25(17(3)11-34-40)26-33-12-21-27(36-26)39(15-23(41)37(21)5)13-18-9-19-7-6-8-38-14-22(29(4,31)32)35-28(38)24(19)20(30)10-18/h9-12,14,16H,6-8,13,15H2,1-5H3. The van der Waals surface area contributed by atoms with Crippen LogP contribution in [0.3, 0.4) is 0 Å². The van der Waals surface area contributed by atoms with Crippen molar-refractivity contribution >= 4 is 17.4 Å². The molecule has 0 saturated heterocycles. The van der Waals surface area contributed by atoms with Crippen molar-refractivity contribution in [1.29, 1.82) is 0 Å². The zero-order chi connectivity index (χ0) is 29.2. The van der Waals surface area contributed by atoms with Gasteiger partial charge in [0.2, 0.25) is 5.91 Å². The minimum Gasteiger partial charge on any atom is -0.341 e. The van der Waals surface area contributed by atoms with Gasteiger partial charge >= 0.3 is 0 Å². The summed E-state index contributed by atoms with van der Waals surface area (Å²) in [7, 11) is 1.68. The minimum atomic E-state index is -3.12. The van der Waals surface area contributed by atoms with Crippen LogP contribution in [0.4, 0.5) is 24.7 Å². The molecule has 2 aliphatic heterocycles. The van der Waals surface area contributed by atoms with E-state index in [-0.39, 0.29) is 42.1 Å². The van der Waals surface area contributed by atoms with Gasteiger partial charge in [-0.3, -0.25) is 9.48 Å². The van der Waals surface area contributed by atoms with E-state index < -0.39 is 11.7 Å². The Kier molecular flexibility index (Phi) is 6.39. The van der Waals surface area contributed by atoms with E-state index in [1.54, 1.807) is 24.0 Å². The van der Waals surface area contributed by atoms with E-state index in [1.807, 2.05) is 36.4 Å². The number of aromatic nitrogens is 6. The molecule has 214 valence electrons. The van der Waals surface area contributed by atoms with Gasteiger partial charge in [0.1, 0.15) is 28.7 Å². The van der Waals surface area contributed by atoms with Gasteiger partial charge in [0.05, 0.1) is 24.5 Å². The monoisotopic (exact) mass is 564 g/mol. The molecule has 0 spiro atoms. The maximum atomic E-state index is 15.7. The van der Waals surface area contributed by atoms with Gasteiger partial charge < -0.3 is 14.4 Å². The molecule has 6 rings (SSSR count). The lowest BCUT2D eigenvalue weighted by Gasteiger charge is -2.34. The first-order valence-electron chi connectivity index (χ1n) is 13.6. The molecule has 0 fully saturated rings. The van der Waals surface area contributed by atoms with E-state index in [9.17, 15) is 13.6 Å². The molecule has 0 radical (unpaired) electrons. The van der Waals surface area contributed by atoms with Crippen molar-refractivity contribution in [1.82, 2.24) is 29.3 Å². The number of imidazole rings is 1. The first kappa shape index (κ1) is 27.0. The Morgan fingerprint density at radius 2 is 1.93 bits per heavy atom. The van der Waals surface area contributed by atoms with Crippen LogP contribution in [0, 0.1) is 12.7 Å². The second kappa shape index (κ2) is 9.71. The van der Waals surface area contributed by atoms with Crippen molar-refractivity contribution in [3.8, 4) is 22.9 Å². The first-order chi connectivity index (χ1) is 19.4. The Balaban J connectivity index is 1.39. The number of likely N-dealkylation sites (N-methyl/N-ethyl adjacent to an activating group) is 1. The number of hydrogen-bond donors (Lipinski definition) is 0. The molecule has 1 amide bonds. The molecule has 0 unspecified atom stereocenters. The summed E-state index contributed by atoms with van der Waals surface area (Å²) < 4.78 is 47.2. The van der Waals surface area contributed by atoms with Crippen LogP contribution in [-0.4, -0.2) is 48.8 Å². The Morgan fingerprint density at radius 3 is 2.66 bits per heavy atom. The number of alkyl halides is 2. The van der Waals surface area contributed by atoms with Crippen molar-refractivity contribution in [3.63, 3.8) is 0 Å². The van der Waals surface area contributed by atoms with Gasteiger partial charge in [0, 0.05) is 39.3 Å². The highest BCUT2D eigenvalue weighted by atomic mass is 19.3. The molecular formula is C29H31F3N8O. The number of benzene rings is 1. The van der Waals surface area contributed by atoms with Crippen LogP contribution < -0.4 is 9.80 Å². The zero-order valence-corrected chi connectivity index (χ0v) is 23.6. The average molecular weight is 565 g/mol. The van der Waals surface area contributed by atoms with E-state index in [2.05, 4.69) is 15.1 Å². The van der Waals surface area contributed by atoms with Gasteiger partial charge in [-0.25, -0.2) is 19.3 Å². The molecule has 1 aromatic carbocycles. The predicted octanol–water partition coefficient (Wildman–Crippen LogP) is 5.27. The van der Waals surface area contributed by atoms with E-state index in [0.29, 0.717) is 47.8 Å². The number of carbonyl (C=O) groups is 1. The molecule has 4 aromatic rings. The third kappa shape index (κ3) is 4.64. The second-order valence-electron chi connectivity index (χ2n) is 11.2. The van der Waals surface area contributed by atoms with Gasteiger partial charge in [-0.1, -0.05) is 6.07 Å². The van der Waals surface area contributed by atoms with E-state index >= 15 is 4.39 Å². The number of fused-ring (bicyclic) bond motifs is 4. The van der Waals surface area contributed by atoms with E-state index in [0.717, 1.165) is 18.2 Å². The van der Waals surface area contributed by atoms with E-state index in [4.69, 9.17) is 4.98 Å². The summed E-state index contributed by atoms with van der Waals surface area (Å²) in [4.78, 5) is 29.8. The summed E-state index contributed by atoms with van der Waals surface area (Å²) in [6, 6.07) is 3.38. The summed E-state index contributed by atoms with van der Waals surface area (Å²) in [6.07, 6.45) is 5.96. The number of hydrogen-bond acceptors (Lipinski definition) is 6. The third-order valence-corrected chi connectivity index (χ3v) is 7.69. The van der Waals surface area contributed by atoms with Gasteiger partial charge in [0.25, 0.3) is 5.92 Å². The highest BCUT2D eigenvalue weighted by Crippen LogP contribution is 2.37. The van der Waals surface area contributed by atoms with Crippen LogP contribution in [0.2, 0.25) is 0 Å². The molecule has 41 heavy (non-hydrogen) atoms. The summed E-state index contributed by atoms with van der Waals surface area (Å²) in [5.41, 5.74) is 3.51. The van der Waals surface area contributed by atoms with Gasteiger partial charge in [0.15, 0.2) is 11.6 Å². The van der Waals surface area contributed by atoms with Crippen molar-refractivity contribution in [2.24, 2.45) is 0 Å². The molecule has 0 N–H and O–H groups in total. The molecule has 5 heterocycles. The molecule has 12 heteroatoms. The van der Waals surface area contributed by atoms with Crippen LogP contribution in [0.1, 0.15) is 55.6 Å². The quantitative estimate of drug-likeness (QED) is 0.328. The number of halogens is 3. The van der Waals surface area contributed by atoms with Gasteiger partial charge in [-0.15, -0.1) is 0 Å².